The van der Waals surface area contributed by atoms with E-state index in [-0.39, 0.29) is 5.91 Å². The Morgan fingerprint density at radius 1 is 1.24 bits per heavy atom. The van der Waals surface area contributed by atoms with Crippen LogP contribution in [0.2, 0.25) is 0 Å². The molecule has 1 amide bonds. The molecule has 0 aliphatic carbocycles. The van der Waals surface area contributed by atoms with E-state index >= 15 is 0 Å². The summed E-state index contributed by atoms with van der Waals surface area (Å²) in [6.07, 6.45) is 2.32. The van der Waals surface area contributed by atoms with Crippen molar-refractivity contribution in [3.05, 3.63) is 35.9 Å². The number of thioether (sulfide) groups is 1. The first-order valence-electron chi connectivity index (χ1n) is 6.89. The second kappa shape index (κ2) is 8.08. The van der Waals surface area contributed by atoms with Gasteiger partial charge in [-0.1, -0.05) is 30.3 Å². The van der Waals surface area contributed by atoms with E-state index < -0.39 is 17.6 Å². The standard InChI is InChI=1S/C16H23NO3S/c1-16(2,3)20-15(19)14(12-8-6-5-7-9-12)17-13(18)10-11-21-4/h5-9,14H,10-11H2,1-4H3,(H,17,18)/t14-/m1/s1. The molecule has 5 heteroatoms. The van der Waals surface area contributed by atoms with Gasteiger partial charge in [-0.25, -0.2) is 4.79 Å². The molecule has 0 heterocycles. The van der Waals surface area contributed by atoms with Crippen LogP contribution in [0.15, 0.2) is 30.3 Å². The summed E-state index contributed by atoms with van der Waals surface area (Å²) in [5.74, 6) is 0.136. The van der Waals surface area contributed by atoms with Crippen LogP contribution < -0.4 is 5.32 Å². The van der Waals surface area contributed by atoms with E-state index in [4.69, 9.17) is 4.74 Å². The van der Waals surface area contributed by atoms with Gasteiger partial charge in [-0.05, 0) is 32.6 Å². The molecule has 1 N–H and O–H groups in total. The SMILES string of the molecule is CSCCC(=O)N[C@@H](C(=O)OC(C)(C)C)c1ccccc1. The zero-order chi connectivity index (χ0) is 15.9. The number of benzene rings is 1. The van der Waals surface area contributed by atoms with Crippen LogP contribution in [0.1, 0.15) is 38.8 Å². The van der Waals surface area contributed by atoms with Crippen molar-refractivity contribution < 1.29 is 14.3 Å². The predicted molar refractivity (Wildman–Crippen MR) is 86.2 cm³/mol. The number of hydrogen-bond acceptors (Lipinski definition) is 4. The van der Waals surface area contributed by atoms with E-state index in [1.807, 2.05) is 57.4 Å². The molecule has 116 valence electrons. The zero-order valence-electron chi connectivity index (χ0n) is 13.0. The Morgan fingerprint density at radius 2 is 1.86 bits per heavy atom. The minimum atomic E-state index is -0.764. The van der Waals surface area contributed by atoms with Crippen LogP contribution >= 0.6 is 11.8 Å². The van der Waals surface area contributed by atoms with Gasteiger partial charge < -0.3 is 10.1 Å². The van der Waals surface area contributed by atoms with E-state index in [0.717, 1.165) is 11.3 Å². The van der Waals surface area contributed by atoms with Crippen molar-refractivity contribution in [3.8, 4) is 0 Å². The van der Waals surface area contributed by atoms with Crippen molar-refractivity contribution in [2.24, 2.45) is 0 Å². The van der Waals surface area contributed by atoms with Crippen LogP contribution in [0.5, 0.6) is 0 Å². The Morgan fingerprint density at radius 3 is 2.38 bits per heavy atom. The van der Waals surface area contributed by atoms with Crippen LogP contribution in [-0.2, 0) is 14.3 Å². The lowest BCUT2D eigenvalue weighted by atomic mass is 10.1. The number of esters is 1. The number of hydrogen-bond donors (Lipinski definition) is 1. The summed E-state index contributed by atoms with van der Waals surface area (Å²) < 4.78 is 5.40. The molecule has 0 saturated carbocycles. The third-order valence-corrected chi connectivity index (χ3v) is 3.23. The maximum atomic E-state index is 12.3. The van der Waals surface area contributed by atoms with Crippen molar-refractivity contribution in [2.45, 2.75) is 38.8 Å². The van der Waals surface area contributed by atoms with Gasteiger partial charge in [-0.3, -0.25) is 4.79 Å². The molecule has 1 aromatic rings. The van der Waals surface area contributed by atoms with Gasteiger partial charge in [0.05, 0.1) is 0 Å². The second-order valence-corrected chi connectivity index (χ2v) is 6.67. The molecule has 0 radical (unpaired) electrons. The Labute approximate surface area is 130 Å². The molecule has 0 saturated heterocycles. The minimum Gasteiger partial charge on any atom is -0.458 e. The molecule has 0 aliphatic rings. The van der Waals surface area contributed by atoms with E-state index in [1.54, 1.807) is 11.8 Å². The van der Waals surface area contributed by atoms with Crippen molar-refractivity contribution in [2.75, 3.05) is 12.0 Å². The molecular weight excluding hydrogens is 286 g/mol. The molecule has 0 aliphatic heterocycles. The van der Waals surface area contributed by atoms with Crippen LogP contribution in [-0.4, -0.2) is 29.5 Å². The number of rotatable bonds is 6. The molecule has 1 atom stereocenters. The highest BCUT2D eigenvalue weighted by Crippen LogP contribution is 2.18. The molecule has 0 aromatic heterocycles. The number of carbonyl (C=O) groups excluding carboxylic acids is 2. The van der Waals surface area contributed by atoms with Gasteiger partial charge in [0.25, 0.3) is 0 Å². The number of carbonyl (C=O) groups is 2. The second-order valence-electron chi connectivity index (χ2n) is 5.69. The monoisotopic (exact) mass is 309 g/mol. The normalized spacial score (nSPS) is 12.6. The van der Waals surface area contributed by atoms with Crippen LogP contribution in [0.25, 0.3) is 0 Å². The maximum absolute atomic E-state index is 12.3. The summed E-state index contributed by atoms with van der Waals surface area (Å²) in [6, 6.07) is 8.39. The van der Waals surface area contributed by atoms with E-state index in [9.17, 15) is 9.59 Å². The first kappa shape index (κ1) is 17.6. The van der Waals surface area contributed by atoms with Crippen molar-refractivity contribution in [1.82, 2.24) is 5.32 Å². The fraction of sp³-hybridized carbons (Fsp3) is 0.500. The van der Waals surface area contributed by atoms with E-state index in [2.05, 4.69) is 5.32 Å². The number of ether oxygens (including phenoxy) is 1. The van der Waals surface area contributed by atoms with Crippen LogP contribution in [0.4, 0.5) is 0 Å². The van der Waals surface area contributed by atoms with E-state index in [0.29, 0.717) is 6.42 Å². The van der Waals surface area contributed by atoms with Crippen LogP contribution in [0.3, 0.4) is 0 Å². The van der Waals surface area contributed by atoms with Crippen LogP contribution in [0, 0.1) is 0 Å². The molecule has 1 aromatic carbocycles. The quantitative estimate of drug-likeness (QED) is 0.821. The molecule has 0 fully saturated rings. The molecular formula is C16H23NO3S. The highest BCUT2D eigenvalue weighted by molar-refractivity contribution is 7.98. The third kappa shape index (κ3) is 6.67. The summed E-state index contributed by atoms with van der Waals surface area (Å²) in [4.78, 5) is 24.2. The Kier molecular flexibility index (Phi) is 6.75. The minimum absolute atomic E-state index is 0.149. The summed E-state index contributed by atoms with van der Waals surface area (Å²) in [5.41, 5.74) is 0.137. The average Bonchev–Trinajstić information content (AvgIpc) is 2.41. The Hall–Kier alpha value is -1.49. The van der Waals surface area contributed by atoms with Gasteiger partial charge >= 0.3 is 5.97 Å². The first-order chi connectivity index (χ1) is 9.83. The fourth-order valence-electron chi connectivity index (χ4n) is 1.71. The fourth-order valence-corrected chi connectivity index (χ4v) is 2.10. The molecule has 0 bridgehead atoms. The summed E-state index contributed by atoms with van der Waals surface area (Å²) >= 11 is 1.59. The summed E-state index contributed by atoms with van der Waals surface area (Å²) in [6.45, 7) is 5.42. The molecule has 21 heavy (non-hydrogen) atoms. The largest absolute Gasteiger partial charge is 0.458 e. The topological polar surface area (TPSA) is 55.4 Å². The van der Waals surface area contributed by atoms with E-state index in [1.165, 1.54) is 0 Å². The lowest BCUT2D eigenvalue weighted by Crippen LogP contribution is -2.38. The summed E-state index contributed by atoms with van der Waals surface area (Å²) in [7, 11) is 0. The average molecular weight is 309 g/mol. The van der Waals surface area contributed by atoms with Gasteiger partial charge in [-0.15, -0.1) is 0 Å². The Balaban J connectivity index is 2.85. The van der Waals surface area contributed by atoms with Gasteiger partial charge in [0.1, 0.15) is 5.60 Å². The van der Waals surface area contributed by atoms with Gasteiger partial charge in [0.15, 0.2) is 6.04 Å². The highest BCUT2D eigenvalue weighted by Gasteiger charge is 2.27. The smallest absolute Gasteiger partial charge is 0.333 e. The summed E-state index contributed by atoms with van der Waals surface area (Å²) in [5, 5.41) is 2.76. The molecule has 0 unspecified atom stereocenters. The zero-order valence-corrected chi connectivity index (χ0v) is 13.8. The highest BCUT2D eigenvalue weighted by atomic mass is 32.2. The van der Waals surface area contributed by atoms with Crippen molar-refractivity contribution >= 4 is 23.6 Å². The molecule has 0 spiro atoms. The van der Waals surface area contributed by atoms with Gasteiger partial charge in [-0.2, -0.15) is 11.8 Å². The lowest BCUT2D eigenvalue weighted by Gasteiger charge is -2.24. The first-order valence-corrected chi connectivity index (χ1v) is 8.29. The Bertz CT molecular complexity index is 468. The van der Waals surface area contributed by atoms with Crippen molar-refractivity contribution in [1.29, 1.82) is 0 Å². The lowest BCUT2D eigenvalue weighted by molar-refractivity contribution is -0.158. The van der Waals surface area contributed by atoms with Crippen molar-refractivity contribution in [3.63, 3.8) is 0 Å². The van der Waals surface area contributed by atoms with Gasteiger partial charge in [0.2, 0.25) is 5.91 Å². The molecule has 1 rings (SSSR count). The predicted octanol–water partition coefficient (Wildman–Crippen LogP) is 2.94. The maximum Gasteiger partial charge on any atom is 0.333 e. The third-order valence-electron chi connectivity index (χ3n) is 2.61. The van der Waals surface area contributed by atoms with Gasteiger partial charge in [0, 0.05) is 12.2 Å². The number of amides is 1. The molecule has 4 nitrogen and oxygen atoms in total. The number of nitrogens with one attached hydrogen (secondary N) is 1.